The molecule has 0 bridgehead atoms. The standard InChI is InChI=1S/C108H160F2N11O28P/c1-6-7-8-9-10-11-15-18-21-43-120(99(125)22-19-16-13-12-14-17-20-23-100(126)127)93(105(130)131)31-33-96(122)111-41-51-137-54-56-139-58-60-141-62-64-143-66-68-145-70-72-147-74-73-146-71-69-144-67-65-142-63-61-140-59-57-138-55-53-136-50-36-97(123)112-42-52-148-150(133,134)149-107(3,4)85-29-30-87(90(110)76-85)103(128)116-91-78-86(109)77-88(81(91)2)101-89-79-92(115-102(89)114-80-113-101)83-26-24-82(25-27-83)34-44-118-46-37-108(38-47-118)39-48-119(49-40-108)104(129)84-28-32-95(135-5)94(75-84)121-45-35-98(124)117-106(121)132/h24-30,32,75-80,93H,6-23,31,33-74H2,1-5H3,(H,111,122)(H,112,123)(H,116,128)(H,126,127)(H,130,131)(H,133,134)(H,113,114,115)(H,117,124,132). The molecule has 0 radical (unpaired) electrons. The van der Waals surface area contributed by atoms with E-state index in [9.17, 15) is 57.7 Å². The molecule has 3 aliphatic rings. The Labute approximate surface area is 879 Å². The van der Waals surface area contributed by atoms with E-state index < -0.39 is 73.1 Å². The minimum atomic E-state index is -4.81. The highest BCUT2D eigenvalue weighted by Crippen LogP contribution is 2.50. The number of benzene rings is 4. The number of H-pyrrole nitrogens is 1. The van der Waals surface area contributed by atoms with Crippen molar-refractivity contribution < 1.29 is 142 Å². The predicted octanol–water partition coefficient (Wildman–Crippen LogP) is 14.5. The maximum Gasteiger partial charge on any atom is 0.473 e. The first kappa shape index (κ1) is 123. The number of urea groups is 1. The lowest BCUT2D eigenvalue weighted by Gasteiger charge is -2.47. The van der Waals surface area contributed by atoms with E-state index in [0.717, 1.165) is 126 Å². The summed E-state index contributed by atoms with van der Waals surface area (Å²) in [6.45, 7) is 19.6. The number of nitrogens with one attached hydrogen (secondary N) is 5. The number of rotatable bonds is 81. The van der Waals surface area contributed by atoms with E-state index in [0.29, 0.717) is 216 Å². The average molecular weight is 2130 g/mol. The predicted molar refractivity (Wildman–Crippen MR) is 558 cm³/mol. The summed E-state index contributed by atoms with van der Waals surface area (Å²) in [4.78, 5) is 145. The second-order valence-corrected chi connectivity index (χ2v) is 39.4. The third-order valence-corrected chi connectivity index (χ3v) is 27.8. The van der Waals surface area contributed by atoms with Gasteiger partial charge in [-0.1, -0.05) is 121 Å². The highest BCUT2D eigenvalue weighted by atomic mass is 31.2. The number of aromatic amines is 1. The first-order valence-corrected chi connectivity index (χ1v) is 54.7. The van der Waals surface area contributed by atoms with Crippen LogP contribution in [-0.4, -0.2) is 335 Å². The van der Waals surface area contributed by atoms with Crippen molar-refractivity contribution in [3.8, 4) is 28.3 Å². The van der Waals surface area contributed by atoms with Crippen LogP contribution in [0.3, 0.4) is 0 Å². The van der Waals surface area contributed by atoms with E-state index >= 15 is 8.78 Å². The third-order valence-electron chi connectivity index (χ3n) is 26.6. The fourth-order valence-corrected chi connectivity index (χ4v) is 18.9. The lowest BCUT2D eigenvalue weighted by molar-refractivity contribution is -0.151. The van der Waals surface area contributed by atoms with E-state index in [1.807, 2.05) is 23.1 Å². The average Bonchev–Trinajstić information content (AvgIpc) is 1.49. The molecule has 0 aliphatic carbocycles. The summed E-state index contributed by atoms with van der Waals surface area (Å²) in [5.41, 5.74) is 3.73. The monoisotopic (exact) mass is 2130 g/mol. The summed E-state index contributed by atoms with van der Waals surface area (Å²) in [6, 6.07) is 19.6. The largest absolute Gasteiger partial charge is 0.495 e. The minimum absolute atomic E-state index is 0.00289. The van der Waals surface area contributed by atoms with Gasteiger partial charge in [0.15, 0.2) is 0 Å². The van der Waals surface area contributed by atoms with Crippen molar-refractivity contribution in [2.45, 2.75) is 213 Å². The molecule has 0 saturated carbocycles. The fourth-order valence-electron chi connectivity index (χ4n) is 17.9. The van der Waals surface area contributed by atoms with Gasteiger partial charge < -0.3 is 112 Å². The molecule has 39 nitrogen and oxygen atoms in total. The number of aromatic nitrogens is 3. The number of methoxy groups -OCH3 is 1. The Morgan fingerprint density at radius 1 is 0.567 bits per heavy atom. The number of hydrogen-bond donors (Lipinski definition) is 8. The zero-order valence-electron chi connectivity index (χ0n) is 88.2. The molecule has 42 heteroatoms. The molecule has 2 unspecified atom stereocenters. The lowest BCUT2D eigenvalue weighted by atomic mass is 9.71. The van der Waals surface area contributed by atoms with Crippen molar-refractivity contribution in [3.05, 3.63) is 125 Å². The topological polar surface area (TPSA) is 472 Å². The first-order valence-electron chi connectivity index (χ1n) is 53.2. The van der Waals surface area contributed by atoms with Crippen molar-refractivity contribution in [1.29, 1.82) is 0 Å². The molecule has 5 heterocycles. The van der Waals surface area contributed by atoms with Crippen LogP contribution in [0.2, 0.25) is 0 Å². The summed E-state index contributed by atoms with van der Waals surface area (Å²) in [5.74, 6) is -5.38. The number of anilines is 2. The van der Waals surface area contributed by atoms with Gasteiger partial charge in [-0.25, -0.2) is 32.9 Å². The number of nitrogens with zero attached hydrogens (tertiary/aromatic N) is 6. The van der Waals surface area contributed by atoms with Gasteiger partial charge in [0.05, 0.1) is 195 Å². The molecule has 2 aromatic heterocycles. The number of hydrogen-bond acceptors (Lipinski definition) is 28. The molecule has 4 aromatic carbocycles. The number of fused-ring (bicyclic) bond motifs is 1. The Balaban J connectivity index is 0.511. The van der Waals surface area contributed by atoms with Gasteiger partial charge in [0.1, 0.15) is 35.4 Å². The van der Waals surface area contributed by atoms with Gasteiger partial charge in [0.25, 0.3) is 11.8 Å². The number of phosphoric acid groups is 1. The number of imide groups is 1. The van der Waals surface area contributed by atoms with Crippen LogP contribution in [0.5, 0.6) is 5.75 Å². The van der Waals surface area contributed by atoms with Crippen LogP contribution in [0.4, 0.5) is 25.0 Å². The first-order chi connectivity index (χ1) is 72.6. The number of piperidine rings is 2. The molecular weight excluding hydrogens is 1970 g/mol. The second-order valence-electron chi connectivity index (χ2n) is 38.0. The zero-order valence-corrected chi connectivity index (χ0v) is 89.1. The van der Waals surface area contributed by atoms with Gasteiger partial charge in [0, 0.05) is 106 Å². The number of carbonyl (C=O) groups excluding carboxylic acids is 7. The van der Waals surface area contributed by atoms with Crippen LogP contribution in [0.15, 0.2) is 85.2 Å². The SMILES string of the molecule is CCCCCCCCCCCN(C(=O)CCCCCCCCCC(=O)O)C(CCC(=O)NCCOCCOCCOCCOCCOCCOCCOCCOCCOCCOCCOCCOCCC(=O)NCCOP(=O)(O)OC(C)(C)c1ccc(C(=O)Nc2cc(F)cc(-c3ncnc4[nH]c(-c5ccc(CCN6CCC7(CC6)CCN(C(=O)c6ccc(OC)c(N8CCC(=O)NC8=O)c6)CC7)cc5)cc34)c2C)c(F)c1)C(=O)O. The van der Waals surface area contributed by atoms with Gasteiger partial charge in [0.2, 0.25) is 23.6 Å². The van der Waals surface area contributed by atoms with Gasteiger partial charge in [-0.3, -0.25) is 52.8 Å². The van der Waals surface area contributed by atoms with Gasteiger partial charge in [-0.2, -0.15) is 0 Å². The van der Waals surface area contributed by atoms with Crippen LogP contribution >= 0.6 is 7.82 Å². The molecule has 2 atom stereocenters. The smallest absolute Gasteiger partial charge is 0.473 e. The Hall–Kier alpha value is -10.0. The van der Waals surface area contributed by atoms with Gasteiger partial charge in [-0.15, -0.1) is 0 Å². The van der Waals surface area contributed by atoms with Crippen LogP contribution in [-0.2, 0) is 111 Å². The molecule has 6 aromatic rings. The van der Waals surface area contributed by atoms with Crippen molar-refractivity contribution >= 4 is 83.6 Å². The molecule has 9 rings (SSSR count). The number of ether oxygens (including phenoxy) is 13. The van der Waals surface area contributed by atoms with Crippen LogP contribution in [0, 0.1) is 24.0 Å². The third kappa shape index (κ3) is 45.7. The maximum absolute atomic E-state index is 16.0. The van der Waals surface area contributed by atoms with Crippen LogP contribution in [0.25, 0.3) is 33.5 Å². The summed E-state index contributed by atoms with van der Waals surface area (Å²) >= 11 is 0. The minimum Gasteiger partial charge on any atom is -0.495 e. The molecule has 3 fully saturated rings. The van der Waals surface area contributed by atoms with Gasteiger partial charge in [-0.05, 0) is 168 Å². The molecular formula is C108H160F2N11O28P. The van der Waals surface area contributed by atoms with E-state index in [1.54, 1.807) is 25.1 Å². The van der Waals surface area contributed by atoms with Crippen molar-refractivity contribution in [3.63, 3.8) is 0 Å². The van der Waals surface area contributed by atoms with Crippen molar-refractivity contribution in [2.24, 2.45) is 5.41 Å². The number of amides is 8. The number of unbranched alkanes of at least 4 members (excludes halogenated alkanes) is 14. The number of carbonyl (C=O) groups is 9. The summed E-state index contributed by atoms with van der Waals surface area (Å²) in [7, 11) is -3.30. The Morgan fingerprint density at radius 2 is 1.08 bits per heavy atom. The lowest BCUT2D eigenvalue weighted by Crippen LogP contribution is -2.50. The van der Waals surface area contributed by atoms with E-state index in [-0.39, 0.29) is 125 Å². The Morgan fingerprint density at radius 3 is 1.61 bits per heavy atom. The van der Waals surface area contributed by atoms with Crippen molar-refractivity contribution in [2.75, 3.05) is 241 Å². The number of carboxylic acids is 2. The van der Waals surface area contributed by atoms with Gasteiger partial charge >= 0.3 is 25.8 Å². The fraction of sp³-hybridized carbons (Fsp3) is 0.639. The Bertz CT molecular complexity index is 5100. The number of likely N-dealkylation sites (tertiary alicyclic amines) is 2. The molecule has 150 heavy (non-hydrogen) atoms. The summed E-state index contributed by atoms with van der Waals surface area (Å²) in [5, 5.41) is 30.0. The second kappa shape index (κ2) is 69.6. The molecule has 3 aliphatic heterocycles. The zero-order chi connectivity index (χ0) is 107. The quantitative estimate of drug-likeness (QED) is 0.0130. The molecule has 1 spiro atoms. The normalized spacial score (nSPS) is 14.5. The highest BCUT2D eigenvalue weighted by molar-refractivity contribution is 7.47. The Kier molecular flexibility index (Phi) is 57.3. The number of carboxylic acid groups (broad SMARTS) is 2. The molecule has 8 amide bonds. The summed E-state index contributed by atoms with van der Waals surface area (Å²) in [6.07, 6.45) is 22.4. The number of phosphoric ester groups is 1. The van der Waals surface area contributed by atoms with E-state index in [1.165, 1.54) is 93.0 Å². The van der Waals surface area contributed by atoms with E-state index in [4.69, 9.17) is 75.7 Å². The maximum atomic E-state index is 16.0. The highest BCUT2D eigenvalue weighted by Gasteiger charge is 2.41. The summed E-state index contributed by atoms with van der Waals surface area (Å²) < 4.78 is 128. The van der Waals surface area contributed by atoms with Crippen molar-refractivity contribution in [1.82, 2.24) is 45.6 Å². The van der Waals surface area contributed by atoms with Crippen LogP contribution < -0.4 is 30.9 Å². The van der Waals surface area contributed by atoms with Crippen LogP contribution in [0.1, 0.15) is 225 Å². The number of halogens is 2. The molecule has 8 N–H and O–H groups in total. The molecule has 3 saturated heterocycles. The van der Waals surface area contributed by atoms with E-state index in [2.05, 4.69) is 60.2 Å². The molecule has 834 valence electrons. The number of aliphatic carboxylic acids is 2.